The molecule has 0 saturated carbocycles. The Balaban J connectivity index is 2.51. The molecule has 0 aromatic carbocycles. The van der Waals surface area contributed by atoms with Crippen LogP contribution in [0.25, 0.3) is 5.82 Å². The Hall–Kier alpha value is -1.69. The number of anilines is 1. The lowest BCUT2D eigenvalue weighted by Gasteiger charge is -2.00. The summed E-state index contributed by atoms with van der Waals surface area (Å²) in [6.45, 7) is 1.78. The lowest BCUT2D eigenvalue weighted by atomic mass is 10.6. The molecule has 2 rings (SSSR count). The van der Waals surface area contributed by atoms with E-state index in [1.54, 1.807) is 13.0 Å². The summed E-state index contributed by atoms with van der Waals surface area (Å²) in [5.41, 5.74) is 5.44. The zero-order valence-corrected chi connectivity index (χ0v) is 8.10. The summed E-state index contributed by atoms with van der Waals surface area (Å²) in [5.74, 6) is 1.27. The first-order valence-corrected chi connectivity index (χ1v) is 4.21. The Morgan fingerprint density at radius 3 is 2.79 bits per heavy atom. The molecule has 7 heteroatoms. The zero-order valence-electron chi connectivity index (χ0n) is 7.35. The molecule has 0 atom stereocenters. The first kappa shape index (κ1) is 8.89. The van der Waals surface area contributed by atoms with E-state index in [0.717, 1.165) is 0 Å². The molecule has 14 heavy (non-hydrogen) atoms. The molecular formula is C7H7ClN6. The SMILES string of the molecule is Cc1ncn(-c2cc(Cl)nc(N)n2)n1. The van der Waals surface area contributed by atoms with Crippen LogP contribution in [-0.2, 0) is 0 Å². The molecule has 0 bridgehead atoms. The Labute approximate surface area is 84.8 Å². The van der Waals surface area contributed by atoms with Crippen LogP contribution in [0.4, 0.5) is 5.95 Å². The molecule has 6 nitrogen and oxygen atoms in total. The van der Waals surface area contributed by atoms with Crippen LogP contribution in [0.3, 0.4) is 0 Å². The molecule has 2 aromatic heterocycles. The van der Waals surface area contributed by atoms with Crippen molar-refractivity contribution in [3.63, 3.8) is 0 Å². The van der Waals surface area contributed by atoms with Crippen molar-refractivity contribution in [2.24, 2.45) is 0 Å². The minimum atomic E-state index is 0.112. The van der Waals surface area contributed by atoms with Crippen molar-refractivity contribution in [1.29, 1.82) is 0 Å². The third kappa shape index (κ3) is 1.64. The van der Waals surface area contributed by atoms with E-state index < -0.39 is 0 Å². The van der Waals surface area contributed by atoms with Crippen molar-refractivity contribution in [1.82, 2.24) is 24.7 Å². The monoisotopic (exact) mass is 210 g/mol. The maximum absolute atomic E-state index is 5.71. The van der Waals surface area contributed by atoms with Crippen LogP contribution >= 0.6 is 11.6 Å². The Bertz CT molecular complexity index is 445. The number of nitrogens with zero attached hydrogens (tertiary/aromatic N) is 5. The molecule has 0 spiro atoms. The number of halogens is 1. The van der Waals surface area contributed by atoms with Gasteiger partial charge in [-0.25, -0.2) is 14.6 Å². The van der Waals surface area contributed by atoms with Gasteiger partial charge >= 0.3 is 0 Å². The first-order chi connectivity index (χ1) is 6.65. The highest BCUT2D eigenvalue weighted by molar-refractivity contribution is 6.29. The molecular weight excluding hydrogens is 204 g/mol. The topological polar surface area (TPSA) is 82.5 Å². The molecule has 2 N–H and O–H groups in total. The first-order valence-electron chi connectivity index (χ1n) is 3.84. The minimum absolute atomic E-state index is 0.112. The van der Waals surface area contributed by atoms with Gasteiger partial charge in [-0.15, -0.1) is 0 Å². The van der Waals surface area contributed by atoms with E-state index in [2.05, 4.69) is 20.1 Å². The minimum Gasteiger partial charge on any atom is -0.368 e. The van der Waals surface area contributed by atoms with Crippen LogP contribution in [0.1, 0.15) is 5.82 Å². The van der Waals surface area contributed by atoms with Gasteiger partial charge in [0.15, 0.2) is 5.82 Å². The summed E-state index contributed by atoms with van der Waals surface area (Å²) >= 11 is 5.71. The molecule has 0 fully saturated rings. The Morgan fingerprint density at radius 2 is 2.21 bits per heavy atom. The summed E-state index contributed by atoms with van der Waals surface area (Å²) in [5, 5.41) is 4.34. The van der Waals surface area contributed by atoms with Gasteiger partial charge in [0.2, 0.25) is 5.95 Å². The van der Waals surface area contributed by atoms with Crippen LogP contribution < -0.4 is 5.73 Å². The van der Waals surface area contributed by atoms with Crippen LogP contribution in [0, 0.1) is 6.92 Å². The molecule has 0 saturated heterocycles. The average molecular weight is 211 g/mol. The summed E-state index contributed by atoms with van der Waals surface area (Å²) in [6, 6.07) is 1.56. The van der Waals surface area contributed by atoms with Crippen LogP contribution in [-0.4, -0.2) is 24.7 Å². The van der Waals surface area contributed by atoms with Crippen molar-refractivity contribution in [2.75, 3.05) is 5.73 Å². The predicted molar refractivity (Wildman–Crippen MR) is 51.1 cm³/mol. The van der Waals surface area contributed by atoms with Crippen molar-refractivity contribution >= 4 is 17.5 Å². The van der Waals surface area contributed by atoms with Gasteiger partial charge in [-0.3, -0.25) is 0 Å². The van der Waals surface area contributed by atoms with E-state index in [0.29, 0.717) is 11.6 Å². The Morgan fingerprint density at radius 1 is 1.43 bits per heavy atom. The molecule has 2 aromatic rings. The standard InChI is InChI=1S/C7H7ClN6/c1-4-10-3-14(13-4)6-2-5(8)11-7(9)12-6/h2-3H,1H3,(H2,9,11,12). The van der Waals surface area contributed by atoms with Gasteiger partial charge in [-0.1, -0.05) is 11.6 Å². The fourth-order valence-electron chi connectivity index (χ4n) is 0.996. The maximum Gasteiger partial charge on any atom is 0.223 e. The van der Waals surface area contributed by atoms with Crippen molar-refractivity contribution in [3.05, 3.63) is 23.4 Å². The number of nitrogen functional groups attached to an aromatic ring is 1. The van der Waals surface area contributed by atoms with Gasteiger partial charge < -0.3 is 5.73 Å². The van der Waals surface area contributed by atoms with E-state index in [1.165, 1.54) is 11.0 Å². The molecule has 0 unspecified atom stereocenters. The molecule has 0 aliphatic rings. The third-order valence-corrected chi connectivity index (χ3v) is 1.73. The van der Waals surface area contributed by atoms with E-state index in [9.17, 15) is 0 Å². The molecule has 0 radical (unpaired) electrons. The number of hydrogen-bond acceptors (Lipinski definition) is 5. The zero-order chi connectivity index (χ0) is 10.1. The van der Waals surface area contributed by atoms with E-state index in [-0.39, 0.29) is 11.1 Å². The number of nitrogens with two attached hydrogens (primary N) is 1. The van der Waals surface area contributed by atoms with Gasteiger partial charge in [-0.05, 0) is 6.92 Å². The highest BCUT2D eigenvalue weighted by atomic mass is 35.5. The number of aromatic nitrogens is 5. The largest absolute Gasteiger partial charge is 0.368 e. The van der Waals surface area contributed by atoms with Crippen molar-refractivity contribution in [2.45, 2.75) is 6.92 Å². The maximum atomic E-state index is 5.71. The highest BCUT2D eigenvalue weighted by Gasteiger charge is 2.04. The smallest absolute Gasteiger partial charge is 0.223 e. The van der Waals surface area contributed by atoms with Crippen LogP contribution in [0.5, 0.6) is 0 Å². The quantitative estimate of drug-likeness (QED) is 0.697. The number of hydrogen-bond donors (Lipinski definition) is 1. The fourth-order valence-corrected chi connectivity index (χ4v) is 1.18. The second kappa shape index (κ2) is 3.22. The lowest BCUT2D eigenvalue weighted by molar-refractivity contribution is 0.829. The second-order valence-corrected chi connectivity index (χ2v) is 3.03. The normalized spacial score (nSPS) is 10.4. The molecule has 0 aliphatic carbocycles. The van der Waals surface area contributed by atoms with E-state index in [1.807, 2.05) is 0 Å². The summed E-state index contributed by atoms with van der Waals surface area (Å²) in [7, 11) is 0. The van der Waals surface area contributed by atoms with Gasteiger partial charge in [0.1, 0.15) is 17.3 Å². The van der Waals surface area contributed by atoms with Crippen LogP contribution in [0.2, 0.25) is 5.15 Å². The van der Waals surface area contributed by atoms with Gasteiger partial charge in [0.05, 0.1) is 0 Å². The number of aryl methyl sites for hydroxylation is 1. The molecule has 0 amide bonds. The van der Waals surface area contributed by atoms with Crippen LogP contribution in [0.15, 0.2) is 12.4 Å². The summed E-state index contributed by atoms with van der Waals surface area (Å²) < 4.78 is 1.49. The molecule has 72 valence electrons. The average Bonchev–Trinajstić information content (AvgIpc) is 2.50. The van der Waals surface area contributed by atoms with Crippen molar-refractivity contribution < 1.29 is 0 Å². The van der Waals surface area contributed by atoms with E-state index >= 15 is 0 Å². The predicted octanol–water partition coefficient (Wildman–Crippen LogP) is 0.601. The Kier molecular flexibility index (Phi) is 2.05. The second-order valence-electron chi connectivity index (χ2n) is 2.64. The molecule has 2 heterocycles. The third-order valence-electron chi connectivity index (χ3n) is 1.54. The number of rotatable bonds is 1. The van der Waals surface area contributed by atoms with Gasteiger partial charge in [0, 0.05) is 6.07 Å². The summed E-state index contributed by atoms with van der Waals surface area (Å²) in [4.78, 5) is 11.7. The van der Waals surface area contributed by atoms with Gasteiger partial charge in [-0.2, -0.15) is 10.1 Å². The highest BCUT2D eigenvalue weighted by Crippen LogP contribution is 2.11. The molecule has 0 aliphatic heterocycles. The lowest BCUT2D eigenvalue weighted by Crippen LogP contribution is -2.03. The fraction of sp³-hybridized carbons (Fsp3) is 0.143. The van der Waals surface area contributed by atoms with E-state index in [4.69, 9.17) is 17.3 Å². The summed E-state index contributed by atoms with van der Waals surface area (Å²) in [6.07, 6.45) is 1.54. The van der Waals surface area contributed by atoms with Crippen molar-refractivity contribution in [3.8, 4) is 5.82 Å². The van der Waals surface area contributed by atoms with Gasteiger partial charge in [0.25, 0.3) is 0 Å².